The third-order valence-corrected chi connectivity index (χ3v) is 4.38. The lowest BCUT2D eigenvalue weighted by Gasteiger charge is -2.13. The number of benzene rings is 1. The summed E-state index contributed by atoms with van der Waals surface area (Å²) in [5.41, 5.74) is 2.21. The van der Waals surface area contributed by atoms with E-state index in [2.05, 4.69) is 29.5 Å². The molecule has 0 saturated heterocycles. The number of anilines is 1. The van der Waals surface area contributed by atoms with E-state index in [0.29, 0.717) is 0 Å². The third-order valence-electron chi connectivity index (χ3n) is 3.27. The van der Waals surface area contributed by atoms with Gasteiger partial charge in [-0.2, -0.15) is 5.10 Å². The molecule has 0 bridgehead atoms. The lowest BCUT2D eigenvalue weighted by molar-refractivity contribution is -0.115. The lowest BCUT2D eigenvalue weighted by Crippen LogP contribution is -2.24. The van der Waals surface area contributed by atoms with E-state index in [4.69, 9.17) is 0 Å². The molecule has 4 nitrogen and oxygen atoms in total. The average molecular weight is 303 g/mol. The Hall–Kier alpha value is -1.75. The largest absolute Gasteiger partial charge is 0.310 e. The summed E-state index contributed by atoms with van der Waals surface area (Å²) in [4.78, 5) is 13.4. The van der Waals surface area contributed by atoms with Crippen LogP contribution in [0.15, 0.2) is 35.4 Å². The van der Waals surface area contributed by atoms with E-state index in [9.17, 15) is 4.79 Å². The fourth-order valence-corrected chi connectivity index (χ4v) is 2.84. The predicted molar refractivity (Wildman–Crippen MR) is 87.8 cm³/mol. The minimum Gasteiger partial charge on any atom is -0.310 e. The molecule has 1 N–H and O–H groups in total. The SMILES string of the molecule is CCn1ncc(C)c1NC(=O)C(C)Sc1ccc(C)cc1. The second-order valence-corrected chi connectivity index (χ2v) is 6.47. The zero-order valence-electron chi connectivity index (χ0n) is 12.9. The van der Waals surface area contributed by atoms with E-state index in [0.717, 1.165) is 22.8 Å². The molecule has 0 fully saturated rings. The van der Waals surface area contributed by atoms with E-state index in [1.165, 1.54) is 5.56 Å². The van der Waals surface area contributed by atoms with Crippen molar-refractivity contribution in [3.8, 4) is 0 Å². The van der Waals surface area contributed by atoms with Crippen LogP contribution in [0.4, 0.5) is 5.82 Å². The first-order valence-corrected chi connectivity index (χ1v) is 7.95. The van der Waals surface area contributed by atoms with Crippen LogP contribution in [0, 0.1) is 13.8 Å². The number of hydrogen-bond acceptors (Lipinski definition) is 3. The summed E-state index contributed by atoms with van der Waals surface area (Å²) in [5, 5.41) is 7.06. The highest BCUT2D eigenvalue weighted by molar-refractivity contribution is 8.00. The molecule has 5 heteroatoms. The van der Waals surface area contributed by atoms with E-state index >= 15 is 0 Å². The van der Waals surface area contributed by atoms with Crippen LogP contribution in [-0.4, -0.2) is 20.9 Å². The first kappa shape index (κ1) is 15.6. The highest BCUT2D eigenvalue weighted by Crippen LogP contribution is 2.25. The summed E-state index contributed by atoms with van der Waals surface area (Å²) in [7, 11) is 0. The third kappa shape index (κ3) is 3.88. The number of carbonyl (C=O) groups is 1. The summed E-state index contributed by atoms with van der Waals surface area (Å²) in [6.07, 6.45) is 1.77. The Balaban J connectivity index is 2.02. The van der Waals surface area contributed by atoms with Crippen LogP contribution >= 0.6 is 11.8 Å². The molecular formula is C16H21N3OS. The second kappa shape index (κ2) is 6.80. The van der Waals surface area contributed by atoms with Gasteiger partial charge in [-0.15, -0.1) is 11.8 Å². The first-order chi connectivity index (χ1) is 10.0. The lowest BCUT2D eigenvalue weighted by atomic mass is 10.2. The zero-order valence-corrected chi connectivity index (χ0v) is 13.7. The second-order valence-electron chi connectivity index (χ2n) is 5.05. The molecule has 0 aliphatic rings. The Morgan fingerprint density at radius 2 is 2.00 bits per heavy atom. The molecule has 1 aromatic heterocycles. The number of carbonyl (C=O) groups excluding carboxylic acids is 1. The highest BCUT2D eigenvalue weighted by Gasteiger charge is 2.17. The van der Waals surface area contributed by atoms with Crippen LogP contribution in [0.1, 0.15) is 25.0 Å². The van der Waals surface area contributed by atoms with Gasteiger partial charge in [-0.25, -0.2) is 4.68 Å². The number of thioether (sulfide) groups is 1. The standard InChI is InChI=1S/C16H21N3OS/c1-5-19-15(12(3)10-17-19)18-16(20)13(4)21-14-8-6-11(2)7-9-14/h6-10,13H,5H2,1-4H3,(H,18,20). The van der Waals surface area contributed by atoms with Crippen molar-refractivity contribution in [3.05, 3.63) is 41.6 Å². The van der Waals surface area contributed by atoms with Crippen LogP contribution in [0.3, 0.4) is 0 Å². The molecule has 21 heavy (non-hydrogen) atoms. The summed E-state index contributed by atoms with van der Waals surface area (Å²) in [6.45, 7) is 8.67. The van der Waals surface area contributed by atoms with Gasteiger partial charge < -0.3 is 5.32 Å². The molecule has 0 aliphatic heterocycles. The fourth-order valence-electron chi connectivity index (χ4n) is 1.97. The molecule has 1 unspecified atom stereocenters. The van der Waals surface area contributed by atoms with Gasteiger partial charge in [0.2, 0.25) is 5.91 Å². The first-order valence-electron chi connectivity index (χ1n) is 7.08. The maximum Gasteiger partial charge on any atom is 0.238 e. The molecule has 112 valence electrons. The molecule has 0 radical (unpaired) electrons. The van der Waals surface area contributed by atoms with Crippen LogP contribution in [-0.2, 0) is 11.3 Å². The molecule has 0 saturated carbocycles. The number of amides is 1. The number of aryl methyl sites for hydroxylation is 3. The summed E-state index contributed by atoms with van der Waals surface area (Å²) in [5.74, 6) is 0.790. The number of rotatable bonds is 5. The van der Waals surface area contributed by atoms with Crippen LogP contribution in [0.5, 0.6) is 0 Å². The topological polar surface area (TPSA) is 46.9 Å². The quantitative estimate of drug-likeness (QED) is 0.858. The van der Waals surface area contributed by atoms with Crippen molar-refractivity contribution in [2.24, 2.45) is 0 Å². The van der Waals surface area contributed by atoms with Gasteiger partial charge in [0.25, 0.3) is 0 Å². The molecule has 1 aromatic carbocycles. The molecule has 1 amide bonds. The van der Waals surface area contributed by atoms with Crippen molar-refractivity contribution in [1.29, 1.82) is 0 Å². The number of aromatic nitrogens is 2. The van der Waals surface area contributed by atoms with Gasteiger partial charge in [-0.1, -0.05) is 17.7 Å². The smallest absolute Gasteiger partial charge is 0.238 e. The van der Waals surface area contributed by atoms with Gasteiger partial charge in [0.1, 0.15) is 5.82 Å². The van der Waals surface area contributed by atoms with Crippen molar-refractivity contribution in [2.45, 2.75) is 44.4 Å². The van der Waals surface area contributed by atoms with E-state index < -0.39 is 0 Å². The maximum absolute atomic E-state index is 12.3. The van der Waals surface area contributed by atoms with Crippen LogP contribution in [0.25, 0.3) is 0 Å². The summed E-state index contributed by atoms with van der Waals surface area (Å²) in [6, 6.07) is 8.21. The van der Waals surface area contributed by atoms with Gasteiger partial charge >= 0.3 is 0 Å². The van der Waals surface area contributed by atoms with E-state index in [-0.39, 0.29) is 11.2 Å². The van der Waals surface area contributed by atoms with E-state index in [1.54, 1.807) is 22.6 Å². The molecule has 0 spiro atoms. The molecule has 2 aromatic rings. The molecule has 1 heterocycles. The van der Waals surface area contributed by atoms with E-state index in [1.807, 2.05) is 32.9 Å². The summed E-state index contributed by atoms with van der Waals surface area (Å²) >= 11 is 1.56. The van der Waals surface area contributed by atoms with Gasteiger partial charge in [0.15, 0.2) is 0 Å². The average Bonchev–Trinajstić information content (AvgIpc) is 2.82. The van der Waals surface area contributed by atoms with Crippen LogP contribution < -0.4 is 5.32 Å². The summed E-state index contributed by atoms with van der Waals surface area (Å²) < 4.78 is 1.80. The Labute approximate surface area is 129 Å². The fraction of sp³-hybridized carbons (Fsp3) is 0.375. The molecule has 0 aliphatic carbocycles. The maximum atomic E-state index is 12.3. The normalized spacial score (nSPS) is 12.2. The number of nitrogens with one attached hydrogen (secondary N) is 1. The van der Waals surface area contributed by atoms with Crippen molar-refractivity contribution >= 4 is 23.5 Å². The van der Waals surface area contributed by atoms with Crippen molar-refractivity contribution < 1.29 is 4.79 Å². The zero-order chi connectivity index (χ0) is 15.4. The van der Waals surface area contributed by atoms with Crippen molar-refractivity contribution in [1.82, 2.24) is 9.78 Å². The van der Waals surface area contributed by atoms with Gasteiger partial charge in [0, 0.05) is 17.0 Å². The highest BCUT2D eigenvalue weighted by atomic mass is 32.2. The Kier molecular flexibility index (Phi) is 5.07. The molecule has 2 rings (SSSR count). The Morgan fingerprint density at radius 3 is 2.62 bits per heavy atom. The van der Waals surface area contributed by atoms with Gasteiger partial charge in [-0.3, -0.25) is 4.79 Å². The Bertz CT molecular complexity index is 619. The van der Waals surface area contributed by atoms with Crippen molar-refractivity contribution in [3.63, 3.8) is 0 Å². The van der Waals surface area contributed by atoms with Gasteiger partial charge in [0.05, 0.1) is 11.4 Å². The van der Waals surface area contributed by atoms with Crippen molar-refractivity contribution in [2.75, 3.05) is 5.32 Å². The van der Waals surface area contributed by atoms with Crippen LogP contribution in [0.2, 0.25) is 0 Å². The van der Waals surface area contributed by atoms with Gasteiger partial charge in [-0.05, 0) is 39.8 Å². The monoisotopic (exact) mass is 303 g/mol. The Morgan fingerprint density at radius 1 is 1.33 bits per heavy atom. The minimum atomic E-state index is -0.160. The molecule has 1 atom stereocenters. The number of hydrogen-bond donors (Lipinski definition) is 1. The molecular weight excluding hydrogens is 282 g/mol. The predicted octanol–water partition coefficient (Wildman–Crippen LogP) is 3.64. The number of nitrogens with zero attached hydrogens (tertiary/aromatic N) is 2. The minimum absolute atomic E-state index is 0.00104.